The zero-order valence-corrected chi connectivity index (χ0v) is 33.0. The van der Waals surface area contributed by atoms with Gasteiger partial charge in [-0.1, -0.05) is 0 Å². The van der Waals surface area contributed by atoms with E-state index in [1.165, 1.54) is 12.8 Å². The van der Waals surface area contributed by atoms with Crippen LogP contribution >= 0.6 is 0 Å². The van der Waals surface area contributed by atoms with Crippen LogP contribution in [0.2, 0.25) is 0 Å². The molecule has 4 fully saturated rings. The number of imidazole rings is 1. The second-order valence-electron chi connectivity index (χ2n) is 16.6. The summed E-state index contributed by atoms with van der Waals surface area (Å²) in [6.45, 7) is 10.7. The number of aromatic amines is 1. The molecule has 3 aromatic carbocycles. The van der Waals surface area contributed by atoms with Gasteiger partial charge >= 0.3 is 0 Å². The van der Waals surface area contributed by atoms with Gasteiger partial charge in [0, 0.05) is 74.4 Å². The van der Waals surface area contributed by atoms with E-state index in [0.717, 1.165) is 117 Å². The standard InChI is InChI=1S/C44H51N9O5/c1-28-3-2-17-52(28)27-39-46-36-11-6-31(25-37(36)47-39)45-41(55)30-4-7-32(8-5-30)50-19-15-29(16-20-50)14-18-49-21-23-51(24-22-49)33-9-10-34-35(26-33)44(58)53(43(34)57)38-12-13-40(54)48-42(38)56/h4-11,25-26,28-29,38H,2-3,12-24,27H2,1H3,(H,45,55)(H,46,47)(H,48,54,56)/t28-,38?/m0/s1. The molecule has 4 saturated heterocycles. The number of piperazine rings is 1. The zero-order chi connectivity index (χ0) is 39.9. The highest BCUT2D eigenvalue weighted by Gasteiger charge is 2.45. The molecule has 14 nitrogen and oxygen atoms in total. The van der Waals surface area contributed by atoms with Crippen molar-refractivity contribution in [1.29, 1.82) is 0 Å². The number of nitrogens with one attached hydrogen (secondary N) is 3. The van der Waals surface area contributed by atoms with Crippen molar-refractivity contribution in [2.45, 2.75) is 70.5 Å². The van der Waals surface area contributed by atoms with Crippen molar-refractivity contribution >= 4 is 57.6 Å². The molecule has 58 heavy (non-hydrogen) atoms. The summed E-state index contributed by atoms with van der Waals surface area (Å²) in [4.78, 5) is 82.5. The number of nitrogens with zero attached hydrogens (tertiary/aromatic N) is 6. The largest absolute Gasteiger partial charge is 0.372 e. The van der Waals surface area contributed by atoms with Crippen LogP contribution in [0.25, 0.3) is 11.0 Å². The minimum atomic E-state index is -0.963. The van der Waals surface area contributed by atoms with Crippen LogP contribution in [0.15, 0.2) is 60.7 Å². The van der Waals surface area contributed by atoms with Gasteiger partial charge in [0.2, 0.25) is 11.8 Å². The van der Waals surface area contributed by atoms with Gasteiger partial charge in [0.1, 0.15) is 11.9 Å². The van der Waals surface area contributed by atoms with E-state index in [9.17, 15) is 24.0 Å². The number of piperidine rings is 2. The van der Waals surface area contributed by atoms with E-state index in [2.05, 4.69) is 54.3 Å². The lowest BCUT2D eigenvalue weighted by Gasteiger charge is -2.38. The van der Waals surface area contributed by atoms with Gasteiger partial charge < -0.3 is 20.1 Å². The Bertz CT molecular complexity index is 2240. The highest BCUT2D eigenvalue weighted by molar-refractivity contribution is 6.23. The van der Waals surface area contributed by atoms with Crippen LogP contribution in [0, 0.1) is 5.92 Å². The Kier molecular flexibility index (Phi) is 10.5. The molecule has 0 saturated carbocycles. The molecule has 0 aliphatic carbocycles. The highest BCUT2D eigenvalue weighted by Crippen LogP contribution is 2.32. The average molecular weight is 786 g/mol. The second-order valence-corrected chi connectivity index (χ2v) is 16.6. The first-order valence-corrected chi connectivity index (χ1v) is 20.9. The summed E-state index contributed by atoms with van der Waals surface area (Å²) in [5.74, 6) is -0.446. The molecule has 302 valence electrons. The monoisotopic (exact) mass is 785 g/mol. The summed E-state index contributed by atoms with van der Waals surface area (Å²) < 4.78 is 0. The Labute approximate surface area is 337 Å². The van der Waals surface area contributed by atoms with Crippen molar-refractivity contribution in [2.24, 2.45) is 5.92 Å². The molecular weight excluding hydrogens is 735 g/mol. The predicted molar refractivity (Wildman–Crippen MR) is 221 cm³/mol. The third kappa shape index (κ3) is 7.70. The topological polar surface area (TPSA) is 154 Å². The summed E-state index contributed by atoms with van der Waals surface area (Å²) in [7, 11) is 0. The van der Waals surface area contributed by atoms with Gasteiger partial charge in [-0.25, -0.2) is 4.98 Å². The Balaban J connectivity index is 0.710. The van der Waals surface area contributed by atoms with E-state index in [-0.39, 0.29) is 24.7 Å². The molecule has 3 N–H and O–H groups in total. The van der Waals surface area contributed by atoms with Gasteiger partial charge in [0.15, 0.2) is 0 Å². The minimum Gasteiger partial charge on any atom is -0.372 e. The minimum absolute atomic E-state index is 0.0994. The smallest absolute Gasteiger partial charge is 0.262 e. The molecule has 1 unspecified atom stereocenters. The summed E-state index contributed by atoms with van der Waals surface area (Å²) in [5, 5.41) is 5.31. The second kappa shape index (κ2) is 16.0. The van der Waals surface area contributed by atoms with Crippen molar-refractivity contribution < 1.29 is 24.0 Å². The average Bonchev–Trinajstić information content (AvgIpc) is 3.91. The van der Waals surface area contributed by atoms with Crippen LogP contribution in [0.1, 0.15) is 88.8 Å². The number of fused-ring (bicyclic) bond motifs is 2. The zero-order valence-electron chi connectivity index (χ0n) is 33.0. The molecule has 0 spiro atoms. The number of amides is 5. The third-order valence-electron chi connectivity index (χ3n) is 13.0. The lowest BCUT2D eigenvalue weighted by Crippen LogP contribution is -2.54. The molecule has 0 radical (unpaired) electrons. The van der Waals surface area contributed by atoms with Crippen LogP contribution in [-0.4, -0.2) is 119 Å². The Morgan fingerprint density at radius 2 is 1.53 bits per heavy atom. The number of hydrogen-bond donors (Lipinski definition) is 3. The first-order chi connectivity index (χ1) is 28.2. The van der Waals surface area contributed by atoms with Crippen LogP contribution in [0.3, 0.4) is 0 Å². The number of anilines is 3. The maximum absolute atomic E-state index is 13.3. The molecule has 14 heteroatoms. The molecule has 0 bridgehead atoms. The lowest BCUT2D eigenvalue weighted by atomic mass is 9.93. The maximum atomic E-state index is 13.3. The molecule has 5 aliphatic heterocycles. The number of likely N-dealkylation sites (tertiary alicyclic amines) is 1. The van der Waals surface area contributed by atoms with Crippen molar-refractivity contribution in [2.75, 3.05) is 67.5 Å². The van der Waals surface area contributed by atoms with Gasteiger partial charge in [0.25, 0.3) is 17.7 Å². The van der Waals surface area contributed by atoms with Crippen LogP contribution < -0.4 is 20.4 Å². The van der Waals surface area contributed by atoms with E-state index >= 15 is 0 Å². The Morgan fingerprint density at radius 3 is 2.28 bits per heavy atom. The molecule has 9 rings (SSSR count). The first kappa shape index (κ1) is 37.9. The van der Waals surface area contributed by atoms with Crippen LogP contribution in [0.4, 0.5) is 17.1 Å². The predicted octanol–water partition coefficient (Wildman–Crippen LogP) is 4.63. The van der Waals surface area contributed by atoms with E-state index in [0.29, 0.717) is 28.7 Å². The highest BCUT2D eigenvalue weighted by atomic mass is 16.2. The van der Waals surface area contributed by atoms with Gasteiger partial charge in [0.05, 0.1) is 28.7 Å². The van der Waals surface area contributed by atoms with Gasteiger partial charge in [-0.2, -0.15) is 0 Å². The van der Waals surface area contributed by atoms with E-state index in [4.69, 9.17) is 4.98 Å². The number of imide groups is 2. The number of H-pyrrole nitrogens is 1. The number of aromatic nitrogens is 2. The fourth-order valence-corrected chi connectivity index (χ4v) is 9.39. The van der Waals surface area contributed by atoms with Gasteiger partial charge in [-0.3, -0.25) is 44.0 Å². The summed E-state index contributed by atoms with van der Waals surface area (Å²) in [6, 6.07) is 18.7. The van der Waals surface area contributed by atoms with E-state index < -0.39 is 23.8 Å². The Morgan fingerprint density at radius 1 is 0.793 bits per heavy atom. The van der Waals surface area contributed by atoms with Crippen LogP contribution in [-0.2, 0) is 16.1 Å². The molecule has 2 atom stereocenters. The summed E-state index contributed by atoms with van der Waals surface area (Å²) in [5.41, 5.74) is 5.87. The fraction of sp³-hybridized carbons (Fsp3) is 0.455. The SMILES string of the molecule is C[C@H]1CCCN1Cc1nc2ccc(NC(=O)c3ccc(N4CCC(CCN5CCN(c6ccc7c(c6)C(=O)N(C6CCC(=O)NC6=O)C7=O)CC5)CC4)cc3)cc2[nH]1. The molecule has 6 heterocycles. The lowest BCUT2D eigenvalue weighted by molar-refractivity contribution is -0.136. The van der Waals surface area contributed by atoms with E-state index in [1.807, 2.05) is 36.4 Å². The molecule has 5 aliphatic rings. The normalized spacial score (nSPS) is 22.3. The summed E-state index contributed by atoms with van der Waals surface area (Å²) >= 11 is 0. The first-order valence-electron chi connectivity index (χ1n) is 20.9. The number of benzene rings is 3. The number of carbonyl (C=O) groups is 5. The molecular formula is C44H51N9O5. The van der Waals surface area contributed by atoms with Crippen LogP contribution in [0.5, 0.6) is 0 Å². The number of hydrogen-bond acceptors (Lipinski definition) is 10. The summed E-state index contributed by atoms with van der Waals surface area (Å²) in [6.07, 6.45) is 6.13. The van der Waals surface area contributed by atoms with Gasteiger partial charge in [-0.15, -0.1) is 0 Å². The fourth-order valence-electron chi connectivity index (χ4n) is 9.39. The molecule has 1 aromatic heterocycles. The van der Waals surface area contributed by atoms with Crippen molar-refractivity contribution in [3.8, 4) is 0 Å². The number of rotatable bonds is 10. The van der Waals surface area contributed by atoms with Crippen molar-refractivity contribution in [1.82, 2.24) is 30.0 Å². The van der Waals surface area contributed by atoms with Gasteiger partial charge in [-0.05, 0) is 125 Å². The number of carbonyl (C=O) groups excluding carboxylic acids is 5. The van der Waals surface area contributed by atoms with E-state index in [1.54, 1.807) is 12.1 Å². The molecule has 4 aromatic rings. The Hall–Kier alpha value is -5.60. The van der Waals surface area contributed by atoms with Crippen molar-refractivity contribution in [3.63, 3.8) is 0 Å². The third-order valence-corrected chi connectivity index (χ3v) is 13.0. The molecule has 5 amide bonds. The quantitative estimate of drug-likeness (QED) is 0.194. The maximum Gasteiger partial charge on any atom is 0.262 e. The van der Waals surface area contributed by atoms with Crippen molar-refractivity contribution in [3.05, 3.63) is 83.2 Å².